The highest BCUT2D eigenvalue weighted by Crippen LogP contribution is 2.23. The summed E-state index contributed by atoms with van der Waals surface area (Å²) < 4.78 is 7.65. The van der Waals surface area contributed by atoms with Gasteiger partial charge in [0.1, 0.15) is 19.1 Å². The smallest absolute Gasteiger partial charge is 0.245 e. The summed E-state index contributed by atoms with van der Waals surface area (Å²) in [4.78, 5) is 30.8. The summed E-state index contributed by atoms with van der Waals surface area (Å²) in [7, 11) is 2.06. The SMILES string of the molecule is CC(=O)N1CCC[C@H]1C(=O)N(CC[NH+]1CCOCC1)Cc1cc2ccccc2n1C. The summed E-state index contributed by atoms with van der Waals surface area (Å²) in [5.41, 5.74) is 2.29. The maximum Gasteiger partial charge on any atom is 0.245 e. The number of nitrogens with zero attached hydrogens (tertiary/aromatic N) is 3. The molecule has 0 spiro atoms. The van der Waals surface area contributed by atoms with Crippen molar-refractivity contribution in [2.24, 2.45) is 7.05 Å². The third-order valence-corrected chi connectivity index (χ3v) is 6.59. The number of likely N-dealkylation sites (tertiary alicyclic amines) is 1. The number of hydrogen-bond acceptors (Lipinski definition) is 3. The van der Waals surface area contributed by atoms with Gasteiger partial charge in [-0.15, -0.1) is 0 Å². The fourth-order valence-electron chi connectivity index (χ4n) is 4.77. The molecule has 1 atom stereocenters. The van der Waals surface area contributed by atoms with Crippen LogP contribution in [-0.4, -0.2) is 78.2 Å². The quantitative estimate of drug-likeness (QED) is 0.747. The minimum atomic E-state index is -0.322. The van der Waals surface area contributed by atoms with Gasteiger partial charge in [0, 0.05) is 31.7 Å². The van der Waals surface area contributed by atoms with Crippen LogP contribution in [0, 0.1) is 0 Å². The predicted octanol–water partition coefficient (Wildman–Crippen LogP) is 0.433. The maximum absolute atomic E-state index is 13.6. The molecule has 0 unspecified atom stereocenters. The van der Waals surface area contributed by atoms with Gasteiger partial charge in [-0.1, -0.05) is 18.2 Å². The van der Waals surface area contributed by atoms with E-state index in [9.17, 15) is 9.59 Å². The first-order valence-corrected chi connectivity index (χ1v) is 11.0. The number of carbonyl (C=O) groups is 2. The second-order valence-electron chi connectivity index (χ2n) is 8.50. The van der Waals surface area contributed by atoms with Crippen LogP contribution >= 0.6 is 0 Å². The van der Waals surface area contributed by atoms with Crippen molar-refractivity contribution in [3.05, 3.63) is 36.0 Å². The normalized spacial score (nSPS) is 20.1. The average molecular weight is 414 g/mol. The Labute approximate surface area is 178 Å². The van der Waals surface area contributed by atoms with Crippen molar-refractivity contribution >= 4 is 22.7 Å². The Morgan fingerprint density at radius 3 is 2.73 bits per heavy atom. The number of ether oxygens (including phenoxy) is 1. The van der Waals surface area contributed by atoms with Gasteiger partial charge in [-0.3, -0.25) is 9.59 Å². The lowest BCUT2D eigenvalue weighted by molar-refractivity contribution is -0.907. The molecule has 30 heavy (non-hydrogen) atoms. The molecule has 0 aliphatic carbocycles. The molecule has 1 aromatic heterocycles. The molecular weight excluding hydrogens is 380 g/mol. The highest BCUT2D eigenvalue weighted by Gasteiger charge is 2.35. The summed E-state index contributed by atoms with van der Waals surface area (Å²) >= 11 is 0. The van der Waals surface area contributed by atoms with Crippen molar-refractivity contribution in [1.82, 2.24) is 14.4 Å². The first-order chi connectivity index (χ1) is 14.5. The van der Waals surface area contributed by atoms with Crippen molar-refractivity contribution in [3.63, 3.8) is 0 Å². The van der Waals surface area contributed by atoms with Crippen LogP contribution in [0.15, 0.2) is 30.3 Å². The zero-order chi connectivity index (χ0) is 21.1. The molecule has 162 valence electrons. The van der Waals surface area contributed by atoms with E-state index >= 15 is 0 Å². The Hall–Kier alpha value is -2.38. The van der Waals surface area contributed by atoms with Crippen LogP contribution in [0.3, 0.4) is 0 Å². The molecule has 2 saturated heterocycles. The van der Waals surface area contributed by atoms with Crippen molar-refractivity contribution in [1.29, 1.82) is 0 Å². The molecule has 0 bridgehead atoms. The van der Waals surface area contributed by atoms with Gasteiger partial charge in [-0.2, -0.15) is 0 Å². The Balaban J connectivity index is 1.54. The number of quaternary nitrogens is 1. The van der Waals surface area contributed by atoms with Crippen LogP contribution in [0.25, 0.3) is 10.9 Å². The van der Waals surface area contributed by atoms with Crippen LogP contribution in [-0.2, 0) is 27.9 Å². The van der Waals surface area contributed by atoms with E-state index in [0.29, 0.717) is 19.6 Å². The number of amides is 2. The van der Waals surface area contributed by atoms with E-state index in [-0.39, 0.29) is 17.9 Å². The van der Waals surface area contributed by atoms with E-state index in [1.165, 1.54) is 15.8 Å². The maximum atomic E-state index is 13.6. The number of rotatable bonds is 6. The lowest BCUT2D eigenvalue weighted by Crippen LogP contribution is -3.14. The van der Waals surface area contributed by atoms with E-state index in [1.807, 2.05) is 17.0 Å². The number of para-hydroxylation sites is 1. The van der Waals surface area contributed by atoms with Gasteiger partial charge in [-0.05, 0) is 30.4 Å². The third kappa shape index (κ3) is 4.37. The molecule has 3 heterocycles. The molecule has 1 aromatic carbocycles. The standard InChI is InChI=1S/C23H32N4O3/c1-18(28)27-9-5-8-22(27)23(29)26(11-10-25-12-14-30-15-13-25)17-20-16-19-6-3-4-7-21(19)24(20)2/h3-4,6-7,16,22H,5,8-15,17H2,1-2H3/p+1/t22-/m0/s1. The molecule has 0 saturated carbocycles. The number of aromatic nitrogens is 1. The van der Waals surface area contributed by atoms with Crippen LogP contribution in [0.2, 0.25) is 0 Å². The van der Waals surface area contributed by atoms with Crippen molar-refractivity contribution in [2.45, 2.75) is 32.4 Å². The molecule has 2 amide bonds. The van der Waals surface area contributed by atoms with Crippen LogP contribution < -0.4 is 4.90 Å². The van der Waals surface area contributed by atoms with Gasteiger partial charge in [0.2, 0.25) is 11.8 Å². The van der Waals surface area contributed by atoms with Crippen LogP contribution in [0.4, 0.5) is 0 Å². The largest absolute Gasteiger partial charge is 0.370 e. The molecule has 7 heteroatoms. The molecule has 2 aliphatic rings. The monoisotopic (exact) mass is 413 g/mol. The molecular formula is C23H33N4O3+. The predicted molar refractivity (Wildman–Crippen MR) is 115 cm³/mol. The lowest BCUT2D eigenvalue weighted by atomic mass is 10.1. The number of nitrogens with one attached hydrogen (secondary N) is 1. The number of carbonyl (C=O) groups excluding carboxylic acids is 2. The van der Waals surface area contributed by atoms with Gasteiger partial charge >= 0.3 is 0 Å². The van der Waals surface area contributed by atoms with Gasteiger partial charge < -0.3 is 24.0 Å². The molecule has 2 aromatic rings. The second kappa shape index (κ2) is 9.18. The lowest BCUT2D eigenvalue weighted by Gasteiger charge is -2.32. The number of hydrogen-bond donors (Lipinski definition) is 1. The van der Waals surface area contributed by atoms with Crippen molar-refractivity contribution < 1.29 is 19.2 Å². The molecule has 2 aliphatic heterocycles. The Bertz CT molecular complexity index is 903. The number of morpholine rings is 1. The number of fused-ring (bicyclic) bond motifs is 1. The second-order valence-corrected chi connectivity index (χ2v) is 8.50. The molecule has 1 N–H and O–H groups in total. The zero-order valence-corrected chi connectivity index (χ0v) is 18.1. The Kier molecular flexibility index (Phi) is 6.39. The van der Waals surface area contributed by atoms with Crippen molar-refractivity contribution in [3.8, 4) is 0 Å². The summed E-state index contributed by atoms with van der Waals surface area (Å²) in [6, 6.07) is 10.2. The highest BCUT2D eigenvalue weighted by molar-refractivity contribution is 5.88. The summed E-state index contributed by atoms with van der Waals surface area (Å²) in [6.45, 7) is 7.96. The van der Waals surface area contributed by atoms with Gasteiger partial charge in [0.25, 0.3) is 0 Å². The fraction of sp³-hybridized carbons (Fsp3) is 0.565. The number of benzene rings is 1. The third-order valence-electron chi connectivity index (χ3n) is 6.59. The molecule has 0 radical (unpaired) electrons. The van der Waals surface area contributed by atoms with Gasteiger partial charge in [0.05, 0.1) is 32.8 Å². The van der Waals surface area contributed by atoms with Gasteiger partial charge in [-0.25, -0.2) is 0 Å². The van der Waals surface area contributed by atoms with Crippen LogP contribution in [0.1, 0.15) is 25.5 Å². The molecule has 2 fully saturated rings. The van der Waals surface area contributed by atoms with Gasteiger partial charge in [0.15, 0.2) is 0 Å². The topological polar surface area (TPSA) is 59.2 Å². The minimum Gasteiger partial charge on any atom is -0.370 e. The van der Waals surface area contributed by atoms with Crippen molar-refractivity contribution in [2.75, 3.05) is 45.9 Å². The number of aryl methyl sites for hydroxylation is 1. The fourth-order valence-corrected chi connectivity index (χ4v) is 4.77. The summed E-state index contributed by atoms with van der Waals surface area (Å²) in [6.07, 6.45) is 1.65. The first kappa shape index (κ1) is 20.9. The van der Waals surface area contributed by atoms with E-state index in [2.05, 4.69) is 29.8 Å². The van der Waals surface area contributed by atoms with E-state index in [0.717, 1.165) is 51.4 Å². The zero-order valence-electron chi connectivity index (χ0n) is 18.1. The highest BCUT2D eigenvalue weighted by atomic mass is 16.5. The Morgan fingerprint density at radius 2 is 2.00 bits per heavy atom. The van der Waals surface area contributed by atoms with E-state index in [1.54, 1.807) is 11.8 Å². The van der Waals surface area contributed by atoms with E-state index < -0.39 is 0 Å². The molecule has 7 nitrogen and oxygen atoms in total. The average Bonchev–Trinajstić information content (AvgIpc) is 3.37. The summed E-state index contributed by atoms with van der Waals surface area (Å²) in [5.74, 6) is 0.0785. The van der Waals surface area contributed by atoms with E-state index in [4.69, 9.17) is 4.74 Å². The minimum absolute atomic E-state index is 0.00536. The summed E-state index contributed by atoms with van der Waals surface area (Å²) in [5, 5.41) is 1.19. The first-order valence-electron chi connectivity index (χ1n) is 11.0. The Morgan fingerprint density at radius 1 is 1.23 bits per heavy atom. The molecule has 4 rings (SSSR count). The van der Waals surface area contributed by atoms with Crippen LogP contribution in [0.5, 0.6) is 0 Å².